The van der Waals surface area contributed by atoms with Gasteiger partial charge in [-0.3, -0.25) is 9.78 Å². The summed E-state index contributed by atoms with van der Waals surface area (Å²) >= 11 is 6.02. The van der Waals surface area contributed by atoms with Crippen LogP contribution in [0.15, 0.2) is 36.5 Å². The lowest BCUT2D eigenvalue weighted by molar-refractivity contribution is -0.137. The molecule has 1 heterocycles. The second-order valence-corrected chi connectivity index (χ2v) is 5.40. The van der Waals surface area contributed by atoms with Gasteiger partial charge in [-0.15, -0.1) is 0 Å². The maximum Gasteiger partial charge on any atom is 0.417 e. The largest absolute Gasteiger partial charge is 0.417 e. The molecule has 0 aliphatic heterocycles. The maximum absolute atomic E-state index is 12.9. The normalized spacial score (nSPS) is 11.3. The van der Waals surface area contributed by atoms with Gasteiger partial charge in [-0.2, -0.15) is 13.2 Å². The average Bonchev–Trinajstić information content (AvgIpc) is 2.48. The van der Waals surface area contributed by atoms with Gasteiger partial charge in [-0.05, 0) is 30.7 Å². The highest BCUT2D eigenvalue weighted by molar-refractivity contribution is 6.31. The van der Waals surface area contributed by atoms with Crippen molar-refractivity contribution < 1.29 is 18.0 Å². The number of rotatable bonds is 4. The van der Waals surface area contributed by atoms with Gasteiger partial charge in [0.1, 0.15) is 0 Å². The van der Waals surface area contributed by atoms with E-state index >= 15 is 0 Å². The number of nitrogens with one attached hydrogen (secondary N) is 1. The lowest BCUT2D eigenvalue weighted by Gasteiger charge is -2.12. The number of hydrogen-bond acceptors (Lipinski definition) is 2. The van der Waals surface area contributed by atoms with Crippen LogP contribution in [0, 0.1) is 6.92 Å². The van der Waals surface area contributed by atoms with Crippen LogP contribution in [0.25, 0.3) is 0 Å². The van der Waals surface area contributed by atoms with E-state index in [2.05, 4.69) is 10.3 Å². The fourth-order valence-corrected chi connectivity index (χ4v) is 2.38. The van der Waals surface area contributed by atoms with Gasteiger partial charge in [-0.25, -0.2) is 0 Å². The summed E-state index contributed by atoms with van der Waals surface area (Å²) < 4.78 is 38.6. The first-order valence-electron chi connectivity index (χ1n) is 6.84. The monoisotopic (exact) mass is 342 g/mol. The molecule has 1 amide bonds. The quantitative estimate of drug-likeness (QED) is 0.911. The molecule has 0 bridgehead atoms. The molecule has 2 rings (SSSR count). The van der Waals surface area contributed by atoms with Gasteiger partial charge < -0.3 is 5.32 Å². The lowest BCUT2D eigenvalue weighted by Crippen LogP contribution is -2.28. The third-order valence-electron chi connectivity index (χ3n) is 3.18. The summed E-state index contributed by atoms with van der Waals surface area (Å²) in [6.45, 7) is 1.99. The number of amides is 1. The van der Waals surface area contributed by atoms with E-state index in [1.165, 1.54) is 12.1 Å². The van der Waals surface area contributed by atoms with Crippen molar-refractivity contribution in [1.82, 2.24) is 10.3 Å². The molecule has 0 spiro atoms. The van der Waals surface area contributed by atoms with Crippen LogP contribution < -0.4 is 5.32 Å². The number of benzene rings is 1. The van der Waals surface area contributed by atoms with Gasteiger partial charge in [0.2, 0.25) is 0 Å². The SMILES string of the molecule is Cc1cnc(CCNC(=O)c2ccccc2C(F)(F)F)c(Cl)c1. The molecule has 122 valence electrons. The molecule has 0 aliphatic rings. The average molecular weight is 343 g/mol. The van der Waals surface area contributed by atoms with Crippen LogP contribution in [-0.4, -0.2) is 17.4 Å². The summed E-state index contributed by atoms with van der Waals surface area (Å²) in [5.74, 6) is -0.777. The molecule has 0 atom stereocenters. The molecule has 7 heteroatoms. The van der Waals surface area contributed by atoms with Gasteiger partial charge in [0.25, 0.3) is 5.91 Å². The van der Waals surface area contributed by atoms with E-state index in [9.17, 15) is 18.0 Å². The van der Waals surface area contributed by atoms with Crippen molar-refractivity contribution in [2.75, 3.05) is 6.54 Å². The van der Waals surface area contributed by atoms with Gasteiger partial charge in [0.15, 0.2) is 0 Å². The van der Waals surface area contributed by atoms with Crippen molar-refractivity contribution in [2.24, 2.45) is 0 Å². The Morgan fingerprint density at radius 3 is 2.65 bits per heavy atom. The molecule has 0 saturated heterocycles. The van der Waals surface area contributed by atoms with E-state index in [1.807, 2.05) is 6.92 Å². The van der Waals surface area contributed by atoms with Gasteiger partial charge in [0.05, 0.1) is 21.8 Å². The van der Waals surface area contributed by atoms with E-state index < -0.39 is 23.2 Å². The van der Waals surface area contributed by atoms with E-state index in [-0.39, 0.29) is 6.54 Å². The molecular formula is C16H14ClF3N2O. The summed E-state index contributed by atoms with van der Waals surface area (Å²) in [6.07, 6.45) is -2.60. The minimum atomic E-state index is -4.57. The summed E-state index contributed by atoms with van der Waals surface area (Å²) in [5.41, 5.74) is 0.135. The van der Waals surface area contributed by atoms with Crippen LogP contribution in [-0.2, 0) is 12.6 Å². The minimum Gasteiger partial charge on any atom is -0.352 e. The third-order valence-corrected chi connectivity index (χ3v) is 3.51. The zero-order valence-corrected chi connectivity index (χ0v) is 13.0. The summed E-state index contributed by atoms with van der Waals surface area (Å²) in [7, 11) is 0. The Morgan fingerprint density at radius 2 is 2.00 bits per heavy atom. The summed E-state index contributed by atoms with van der Waals surface area (Å²) in [6, 6.07) is 6.41. The number of halogens is 4. The Balaban J connectivity index is 2.03. The maximum atomic E-state index is 12.9. The third kappa shape index (κ3) is 4.45. The molecule has 2 aromatic rings. The number of alkyl halides is 3. The number of pyridine rings is 1. The Bertz CT molecular complexity index is 717. The fraction of sp³-hybridized carbons (Fsp3) is 0.250. The van der Waals surface area contributed by atoms with Crippen LogP contribution in [0.1, 0.15) is 27.2 Å². The molecule has 0 aliphatic carbocycles. The molecular weight excluding hydrogens is 329 g/mol. The van der Waals surface area contributed by atoms with E-state index in [4.69, 9.17) is 11.6 Å². The molecule has 0 saturated carbocycles. The number of aromatic nitrogens is 1. The first-order chi connectivity index (χ1) is 10.8. The summed E-state index contributed by atoms with van der Waals surface area (Å²) in [4.78, 5) is 16.1. The smallest absolute Gasteiger partial charge is 0.352 e. The van der Waals surface area contributed by atoms with Gasteiger partial charge in [0, 0.05) is 19.2 Å². The molecule has 23 heavy (non-hydrogen) atoms. The van der Waals surface area contributed by atoms with Crippen molar-refractivity contribution in [3.8, 4) is 0 Å². The second-order valence-electron chi connectivity index (χ2n) is 4.99. The Hall–Kier alpha value is -2.08. The van der Waals surface area contributed by atoms with Crippen molar-refractivity contribution in [3.05, 3.63) is 63.9 Å². The van der Waals surface area contributed by atoms with Crippen LogP contribution >= 0.6 is 11.6 Å². The number of nitrogens with zero attached hydrogens (tertiary/aromatic N) is 1. The Kier molecular flexibility index (Phi) is 5.26. The second kappa shape index (κ2) is 7.00. The number of carbonyl (C=O) groups excluding carboxylic acids is 1. The Labute approximate surface area is 136 Å². The molecule has 1 aromatic heterocycles. The molecule has 0 fully saturated rings. The zero-order valence-electron chi connectivity index (χ0n) is 12.2. The topological polar surface area (TPSA) is 42.0 Å². The van der Waals surface area contributed by atoms with Crippen LogP contribution in [0.5, 0.6) is 0 Å². The fourth-order valence-electron chi connectivity index (χ4n) is 2.06. The summed E-state index contributed by atoms with van der Waals surface area (Å²) in [5, 5.41) is 2.93. The van der Waals surface area contributed by atoms with Gasteiger partial charge >= 0.3 is 6.18 Å². The predicted octanol–water partition coefficient (Wildman–Crippen LogP) is 4.03. The highest BCUT2D eigenvalue weighted by Gasteiger charge is 2.34. The van der Waals surface area contributed by atoms with E-state index in [1.54, 1.807) is 12.3 Å². The molecule has 0 unspecified atom stereocenters. The zero-order chi connectivity index (χ0) is 17.0. The molecule has 1 aromatic carbocycles. The van der Waals surface area contributed by atoms with E-state index in [0.29, 0.717) is 17.1 Å². The molecule has 1 N–H and O–H groups in total. The van der Waals surface area contributed by atoms with Crippen molar-refractivity contribution in [2.45, 2.75) is 19.5 Å². The van der Waals surface area contributed by atoms with Gasteiger partial charge in [-0.1, -0.05) is 23.7 Å². The van der Waals surface area contributed by atoms with Crippen LogP contribution in [0.4, 0.5) is 13.2 Å². The van der Waals surface area contributed by atoms with Crippen LogP contribution in [0.2, 0.25) is 5.02 Å². The predicted molar refractivity (Wildman–Crippen MR) is 81.5 cm³/mol. The highest BCUT2D eigenvalue weighted by Crippen LogP contribution is 2.31. The minimum absolute atomic E-state index is 0.140. The van der Waals surface area contributed by atoms with Crippen molar-refractivity contribution in [1.29, 1.82) is 0 Å². The lowest BCUT2D eigenvalue weighted by atomic mass is 10.1. The number of aryl methyl sites for hydroxylation is 1. The van der Waals surface area contributed by atoms with E-state index in [0.717, 1.165) is 17.7 Å². The van der Waals surface area contributed by atoms with Crippen molar-refractivity contribution >= 4 is 17.5 Å². The standard InChI is InChI=1S/C16H14ClF3N2O/c1-10-8-13(17)14(22-9-10)6-7-21-15(23)11-4-2-3-5-12(11)16(18,19)20/h2-5,8-9H,6-7H2,1H3,(H,21,23). The molecule has 0 radical (unpaired) electrons. The Morgan fingerprint density at radius 1 is 1.30 bits per heavy atom. The number of carbonyl (C=O) groups is 1. The van der Waals surface area contributed by atoms with Crippen LogP contribution in [0.3, 0.4) is 0 Å². The first-order valence-corrected chi connectivity index (χ1v) is 7.22. The highest BCUT2D eigenvalue weighted by atomic mass is 35.5. The molecule has 3 nitrogen and oxygen atoms in total. The first kappa shape index (κ1) is 17.3. The number of hydrogen-bond donors (Lipinski definition) is 1. The van der Waals surface area contributed by atoms with Crippen molar-refractivity contribution in [3.63, 3.8) is 0 Å².